The second-order valence-corrected chi connectivity index (χ2v) is 5.80. The predicted octanol–water partition coefficient (Wildman–Crippen LogP) is 2.99. The highest BCUT2D eigenvalue weighted by atomic mass is 35.5. The van der Waals surface area contributed by atoms with E-state index in [0.29, 0.717) is 11.6 Å². The number of carbonyl (C=O) groups excluding carboxylic acids is 1. The van der Waals surface area contributed by atoms with Gasteiger partial charge in [0.15, 0.2) is 5.78 Å². The van der Waals surface area contributed by atoms with E-state index in [1.165, 1.54) is 38.9 Å². The average molecular weight is 295 g/mol. The summed E-state index contributed by atoms with van der Waals surface area (Å²) >= 11 is 5.80. The molecule has 0 atom stereocenters. The van der Waals surface area contributed by atoms with Crippen molar-refractivity contribution < 1.29 is 4.79 Å². The van der Waals surface area contributed by atoms with Crippen LogP contribution in [0.2, 0.25) is 5.02 Å². The van der Waals surface area contributed by atoms with E-state index in [1.54, 1.807) is 24.3 Å². The summed E-state index contributed by atoms with van der Waals surface area (Å²) in [6, 6.07) is 7.06. The van der Waals surface area contributed by atoms with Gasteiger partial charge in [0, 0.05) is 10.6 Å². The van der Waals surface area contributed by atoms with Crippen molar-refractivity contribution in [3.05, 3.63) is 34.9 Å². The second kappa shape index (κ2) is 8.40. The maximum absolute atomic E-state index is 11.9. The van der Waals surface area contributed by atoms with Gasteiger partial charge in [-0.25, -0.2) is 0 Å². The smallest absolute Gasteiger partial charge is 0.176 e. The summed E-state index contributed by atoms with van der Waals surface area (Å²) < 4.78 is 0. The first-order valence-corrected chi connectivity index (χ1v) is 7.85. The molecule has 1 aromatic rings. The van der Waals surface area contributed by atoms with Crippen LogP contribution in [0.25, 0.3) is 0 Å². The van der Waals surface area contributed by atoms with Crippen molar-refractivity contribution in [1.82, 2.24) is 10.2 Å². The monoisotopic (exact) mass is 294 g/mol. The summed E-state index contributed by atoms with van der Waals surface area (Å²) in [5.74, 6) is 0.126. The van der Waals surface area contributed by atoms with Gasteiger partial charge in [0.2, 0.25) is 0 Å². The Bertz CT molecular complexity index is 413. The van der Waals surface area contributed by atoms with E-state index in [0.717, 1.165) is 18.5 Å². The number of nitrogens with one attached hydrogen (secondary N) is 1. The molecule has 0 aliphatic carbocycles. The Kier molecular flexibility index (Phi) is 6.51. The minimum atomic E-state index is 0.126. The lowest BCUT2D eigenvalue weighted by Crippen LogP contribution is -2.25. The van der Waals surface area contributed by atoms with Crippen LogP contribution in [0.5, 0.6) is 0 Å². The topological polar surface area (TPSA) is 32.3 Å². The van der Waals surface area contributed by atoms with Gasteiger partial charge in [0.25, 0.3) is 0 Å². The van der Waals surface area contributed by atoms with Gasteiger partial charge in [-0.05, 0) is 76.1 Å². The number of rotatable bonds is 8. The molecule has 1 fully saturated rings. The molecule has 0 bridgehead atoms. The fraction of sp³-hybridized carbons (Fsp3) is 0.562. The molecule has 1 aliphatic heterocycles. The summed E-state index contributed by atoms with van der Waals surface area (Å²) in [6.45, 7) is 5.05. The molecule has 0 saturated carbocycles. The van der Waals surface area contributed by atoms with Crippen LogP contribution in [0.3, 0.4) is 0 Å². The molecule has 20 heavy (non-hydrogen) atoms. The van der Waals surface area contributed by atoms with E-state index in [1.807, 2.05) is 0 Å². The number of carbonyl (C=O) groups is 1. The molecule has 1 saturated heterocycles. The number of ketones is 1. The number of benzene rings is 1. The average Bonchev–Trinajstić information content (AvgIpc) is 2.96. The second-order valence-electron chi connectivity index (χ2n) is 5.36. The van der Waals surface area contributed by atoms with Crippen molar-refractivity contribution in [3.63, 3.8) is 0 Å². The first-order chi connectivity index (χ1) is 9.75. The summed E-state index contributed by atoms with van der Waals surface area (Å²) in [5, 5.41) is 3.89. The maximum Gasteiger partial charge on any atom is 0.176 e. The third kappa shape index (κ3) is 5.23. The fourth-order valence-electron chi connectivity index (χ4n) is 2.53. The van der Waals surface area contributed by atoms with Crippen molar-refractivity contribution >= 4 is 17.4 Å². The van der Waals surface area contributed by atoms with Crippen molar-refractivity contribution in [2.45, 2.75) is 25.7 Å². The Balaban J connectivity index is 1.54. The zero-order valence-corrected chi connectivity index (χ0v) is 12.7. The Morgan fingerprint density at radius 1 is 1.15 bits per heavy atom. The Hall–Kier alpha value is -0.900. The number of likely N-dealkylation sites (tertiary alicyclic amines) is 1. The summed E-state index contributed by atoms with van der Waals surface area (Å²) in [7, 11) is 0. The van der Waals surface area contributed by atoms with Crippen LogP contribution in [-0.2, 0) is 0 Å². The van der Waals surface area contributed by atoms with Crippen molar-refractivity contribution in [2.24, 2.45) is 0 Å². The number of nitrogens with zero attached hydrogens (tertiary/aromatic N) is 1. The maximum atomic E-state index is 11.9. The van der Waals surface area contributed by atoms with Crippen LogP contribution in [-0.4, -0.2) is 43.4 Å². The van der Waals surface area contributed by atoms with Crippen LogP contribution in [0, 0.1) is 0 Å². The first kappa shape index (κ1) is 15.5. The Morgan fingerprint density at radius 2 is 1.85 bits per heavy atom. The SMILES string of the molecule is O=C(CNCCCCN1CCCC1)c1ccc(Cl)cc1. The lowest BCUT2D eigenvalue weighted by atomic mass is 10.1. The first-order valence-electron chi connectivity index (χ1n) is 7.47. The zero-order valence-electron chi connectivity index (χ0n) is 11.9. The molecule has 1 N–H and O–H groups in total. The molecule has 0 spiro atoms. The summed E-state index contributed by atoms with van der Waals surface area (Å²) in [6.07, 6.45) is 5.05. The molecule has 2 rings (SSSR count). The molecular weight excluding hydrogens is 272 g/mol. The Morgan fingerprint density at radius 3 is 2.55 bits per heavy atom. The fourth-order valence-corrected chi connectivity index (χ4v) is 2.66. The lowest BCUT2D eigenvalue weighted by Gasteiger charge is -2.13. The highest BCUT2D eigenvalue weighted by molar-refractivity contribution is 6.30. The summed E-state index contributed by atoms with van der Waals surface area (Å²) in [4.78, 5) is 14.4. The minimum absolute atomic E-state index is 0.126. The number of unbranched alkanes of at least 4 members (excludes halogenated alkanes) is 1. The molecule has 3 nitrogen and oxygen atoms in total. The highest BCUT2D eigenvalue weighted by Crippen LogP contribution is 2.10. The van der Waals surface area contributed by atoms with Gasteiger partial charge in [0.1, 0.15) is 0 Å². The summed E-state index contributed by atoms with van der Waals surface area (Å²) in [5.41, 5.74) is 0.721. The van der Waals surface area contributed by atoms with Crippen LogP contribution in [0.1, 0.15) is 36.0 Å². The molecule has 0 aromatic heterocycles. The normalized spacial score (nSPS) is 15.7. The van der Waals surface area contributed by atoms with E-state index in [2.05, 4.69) is 10.2 Å². The van der Waals surface area contributed by atoms with E-state index in [9.17, 15) is 4.79 Å². The zero-order chi connectivity index (χ0) is 14.2. The molecule has 1 aliphatic rings. The van der Waals surface area contributed by atoms with Crippen molar-refractivity contribution in [1.29, 1.82) is 0 Å². The van der Waals surface area contributed by atoms with E-state index in [4.69, 9.17) is 11.6 Å². The molecule has 110 valence electrons. The third-order valence-electron chi connectivity index (χ3n) is 3.73. The molecule has 0 unspecified atom stereocenters. The van der Waals surface area contributed by atoms with E-state index >= 15 is 0 Å². The van der Waals surface area contributed by atoms with Crippen LogP contribution in [0.4, 0.5) is 0 Å². The van der Waals surface area contributed by atoms with E-state index < -0.39 is 0 Å². The molecule has 1 aromatic carbocycles. The Labute approximate surface area is 126 Å². The van der Waals surface area contributed by atoms with Crippen LogP contribution < -0.4 is 5.32 Å². The predicted molar refractivity (Wildman–Crippen MR) is 83.6 cm³/mol. The molecule has 0 radical (unpaired) electrons. The van der Waals surface area contributed by atoms with Gasteiger partial charge in [-0.3, -0.25) is 4.79 Å². The van der Waals surface area contributed by atoms with Gasteiger partial charge in [-0.1, -0.05) is 11.6 Å². The van der Waals surface area contributed by atoms with E-state index in [-0.39, 0.29) is 5.78 Å². The molecule has 0 amide bonds. The van der Waals surface area contributed by atoms with Crippen molar-refractivity contribution in [2.75, 3.05) is 32.7 Å². The highest BCUT2D eigenvalue weighted by Gasteiger charge is 2.10. The van der Waals surface area contributed by atoms with Crippen molar-refractivity contribution in [3.8, 4) is 0 Å². The van der Waals surface area contributed by atoms with Gasteiger partial charge < -0.3 is 10.2 Å². The van der Waals surface area contributed by atoms with Crippen LogP contribution >= 0.6 is 11.6 Å². The quantitative estimate of drug-likeness (QED) is 0.591. The number of Topliss-reactive ketones (excluding diaryl/α,β-unsaturated/α-hetero) is 1. The molecule has 4 heteroatoms. The van der Waals surface area contributed by atoms with Gasteiger partial charge >= 0.3 is 0 Å². The number of halogens is 1. The standard InChI is InChI=1S/C16H23ClN2O/c17-15-7-5-14(6-8-15)16(20)13-18-9-1-2-10-19-11-3-4-12-19/h5-8,18H,1-4,9-13H2. The third-order valence-corrected chi connectivity index (χ3v) is 3.98. The lowest BCUT2D eigenvalue weighted by molar-refractivity contribution is 0.0991. The van der Waals surface area contributed by atoms with Crippen LogP contribution in [0.15, 0.2) is 24.3 Å². The van der Waals surface area contributed by atoms with Gasteiger partial charge in [-0.15, -0.1) is 0 Å². The number of hydrogen-bond acceptors (Lipinski definition) is 3. The number of hydrogen-bond donors (Lipinski definition) is 1. The van der Waals surface area contributed by atoms with Gasteiger partial charge in [0.05, 0.1) is 6.54 Å². The largest absolute Gasteiger partial charge is 0.310 e. The van der Waals surface area contributed by atoms with Gasteiger partial charge in [-0.2, -0.15) is 0 Å². The molecule has 1 heterocycles. The molecular formula is C16H23ClN2O. The minimum Gasteiger partial charge on any atom is -0.310 e.